The Hall–Kier alpha value is -1.93. The van der Waals surface area contributed by atoms with Crippen LogP contribution in [0.4, 0.5) is 5.95 Å². The van der Waals surface area contributed by atoms with Gasteiger partial charge in [-0.1, -0.05) is 6.92 Å². The number of nitrogens with zero attached hydrogens (tertiary/aromatic N) is 3. The molecule has 3 heterocycles. The first-order valence-electron chi connectivity index (χ1n) is 6.16. The fourth-order valence-corrected chi connectivity index (χ4v) is 2.41. The van der Waals surface area contributed by atoms with Gasteiger partial charge in [0.15, 0.2) is 11.2 Å². The molecule has 0 radical (unpaired) electrons. The number of ether oxygens (including phenoxy) is 1. The Morgan fingerprint density at radius 2 is 2.47 bits per heavy atom. The molecular formula is C11H15N5O3. The van der Waals surface area contributed by atoms with Crippen molar-refractivity contribution in [2.24, 2.45) is 0 Å². The van der Waals surface area contributed by atoms with Crippen LogP contribution in [0.5, 0.6) is 0 Å². The molecule has 0 saturated carbocycles. The fourth-order valence-electron chi connectivity index (χ4n) is 2.41. The third kappa shape index (κ3) is 1.89. The molecule has 1 saturated heterocycles. The third-order valence-electron chi connectivity index (χ3n) is 3.37. The predicted molar refractivity (Wildman–Crippen MR) is 67.4 cm³/mol. The van der Waals surface area contributed by atoms with Crippen molar-refractivity contribution in [3.63, 3.8) is 0 Å². The van der Waals surface area contributed by atoms with Gasteiger partial charge in [-0.15, -0.1) is 0 Å². The highest BCUT2D eigenvalue weighted by Crippen LogP contribution is 2.31. The van der Waals surface area contributed by atoms with Crippen molar-refractivity contribution in [1.82, 2.24) is 19.5 Å². The number of aliphatic hydroxyl groups excluding tert-OH is 1. The summed E-state index contributed by atoms with van der Waals surface area (Å²) in [6, 6.07) is 0. The van der Waals surface area contributed by atoms with E-state index in [2.05, 4.69) is 15.0 Å². The van der Waals surface area contributed by atoms with Gasteiger partial charge in [-0.05, 0) is 6.42 Å². The number of hydrogen-bond acceptors (Lipinski definition) is 6. The largest absolute Gasteiger partial charge is 0.390 e. The maximum Gasteiger partial charge on any atom is 0.280 e. The van der Waals surface area contributed by atoms with Crippen molar-refractivity contribution in [3.05, 3.63) is 16.7 Å². The Balaban J connectivity index is 2.05. The number of aromatic nitrogens is 4. The number of aliphatic hydroxyl groups is 1. The van der Waals surface area contributed by atoms with Gasteiger partial charge < -0.3 is 15.6 Å². The van der Waals surface area contributed by atoms with E-state index in [1.54, 1.807) is 4.57 Å². The quantitative estimate of drug-likeness (QED) is 0.689. The standard InChI is InChI=1S/C11H15N5O3/c1-2-6-5(17)3-7(19-6)16-4-13-8-9(16)14-11(12)15-10(8)18/h4-7,17H,2-3H2,1H3,(H3,12,14,15,18)/t5?,6-,7+/m1/s1. The van der Waals surface area contributed by atoms with E-state index in [1.807, 2.05) is 6.92 Å². The van der Waals surface area contributed by atoms with Crippen LogP contribution in [0.3, 0.4) is 0 Å². The maximum atomic E-state index is 11.7. The lowest BCUT2D eigenvalue weighted by Gasteiger charge is -2.13. The third-order valence-corrected chi connectivity index (χ3v) is 3.37. The first-order valence-corrected chi connectivity index (χ1v) is 6.16. The van der Waals surface area contributed by atoms with E-state index in [0.717, 1.165) is 6.42 Å². The Morgan fingerprint density at radius 1 is 1.68 bits per heavy atom. The second-order valence-corrected chi connectivity index (χ2v) is 4.62. The lowest BCUT2D eigenvalue weighted by molar-refractivity contribution is -0.0183. The minimum absolute atomic E-state index is 0.0323. The van der Waals surface area contributed by atoms with E-state index >= 15 is 0 Å². The molecule has 1 unspecified atom stereocenters. The van der Waals surface area contributed by atoms with Crippen molar-refractivity contribution in [3.8, 4) is 0 Å². The zero-order valence-electron chi connectivity index (χ0n) is 10.4. The van der Waals surface area contributed by atoms with Crippen molar-refractivity contribution in [2.45, 2.75) is 38.2 Å². The van der Waals surface area contributed by atoms with Gasteiger partial charge in [0.2, 0.25) is 5.95 Å². The van der Waals surface area contributed by atoms with E-state index in [-0.39, 0.29) is 29.4 Å². The average Bonchev–Trinajstić information content (AvgIpc) is 2.92. The van der Waals surface area contributed by atoms with E-state index in [1.165, 1.54) is 6.33 Å². The summed E-state index contributed by atoms with van der Waals surface area (Å²) < 4.78 is 7.37. The molecule has 2 aromatic rings. The van der Waals surface area contributed by atoms with Crippen molar-refractivity contribution < 1.29 is 9.84 Å². The SMILES string of the molecule is CC[C@H]1O[C@H](n2cnc3c(=O)[nH]c(N)nc32)CC1O. The summed E-state index contributed by atoms with van der Waals surface area (Å²) in [7, 11) is 0. The number of hydrogen-bond donors (Lipinski definition) is 3. The number of nitrogens with one attached hydrogen (secondary N) is 1. The number of imidazole rings is 1. The Kier molecular flexibility index (Phi) is 2.76. The lowest BCUT2D eigenvalue weighted by atomic mass is 10.1. The Morgan fingerprint density at radius 3 is 3.16 bits per heavy atom. The van der Waals surface area contributed by atoms with E-state index < -0.39 is 6.10 Å². The molecule has 1 aliphatic heterocycles. The zero-order valence-corrected chi connectivity index (χ0v) is 10.4. The fraction of sp³-hybridized carbons (Fsp3) is 0.545. The highest BCUT2D eigenvalue weighted by Gasteiger charge is 2.34. The molecule has 0 bridgehead atoms. The van der Waals surface area contributed by atoms with E-state index in [4.69, 9.17) is 10.5 Å². The first-order chi connectivity index (χ1) is 9.10. The molecule has 1 fully saturated rings. The lowest BCUT2D eigenvalue weighted by Crippen LogP contribution is -2.19. The monoisotopic (exact) mass is 265 g/mol. The summed E-state index contributed by atoms with van der Waals surface area (Å²) in [6.45, 7) is 1.95. The number of nitrogens with two attached hydrogens (primary N) is 1. The Labute approximate surface area is 108 Å². The average molecular weight is 265 g/mol. The second kappa shape index (κ2) is 4.32. The summed E-state index contributed by atoms with van der Waals surface area (Å²) in [5.41, 5.74) is 5.74. The van der Waals surface area contributed by atoms with Crippen LogP contribution in [-0.2, 0) is 4.74 Å². The number of nitrogen functional groups attached to an aromatic ring is 1. The molecule has 0 aliphatic carbocycles. The van der Waals surface area contributed by atoms with Gasteiger partial charge in [0.1, 0.15) is 6.23 Å². The molecule has 3 atom stereocenters. The van der Waals surface area contributed by atoms with Gasteiger partial charge in [-0.2, -0.15) is 4.98 Å². The van der Waals surface area contributed by atoms with Gasteiger partial charge in [-0.3, -0.25) is 14.3 Å². The van der Waals surface area contributed by atoms with Crippen molar-refractivity contribution >= 4 is 17.1 Å². The molecule has 1 aliphatic rings. The van der Waals surface area contributed by atoms with Crippen LogP contribution in [0, 0.1) is 0 Å². The number of fused-ring (bicyclic) bond motifs is 1. The molecule has 0 spiro atoms. The minimum atomic E-state index is -0.521. The smallest absolute Gasteiger partial charge is 0.280 e. The molecule has 102 valence electrons. The molecule has 2 aromatic heterocycles. The molecule has 0 amide bonds. The minimum Gasteiger partial charge on any atom is -0.390 e. The van der Waals surface area contributed by atoms with Gasteiger partial charge in [0.25, 0.3) is 5.56 Å². The number of aromatic amines is 1. The molecule has 3 rings (SSSR count). The summed E-state index contributed by atoms with van der Waals surface area (Å²) in [6.07, 6.45) is 1.55. The number of H-pyrrole nitrogens is 1. The predicted octanol–water partition coefficient (Wildman–Crippen LogP) is -0.240. The summed E-state index contributed by atoms with van der Waals surface area (Å²) in [5, 5.41) is 9.87. The topological polar surface area (TPSA) is 119 Å². The number of rotatable bonds is 2. The van der Waals surface area contributed by atoms with Crippen LogP contribution in [0.25, 0.3) is 11.2 Å². The van der Waals surface area contributed by atoms with Gasteiger partial charge >= 0.3 is 0 Å². The van der Waals surface area contributed by atoms with Gasteiger partial charge in [-0.25, -0.2) is 4.98 Å². The van der Waals surface area contributed by atoms with Crippen LogP contribution in [0.1, 0.15) is 26.0 Å². The molecule has 8 nitrogen and oxygen atoms in total. The summed E-state index contributed by atoms with van der Waals surface area (Å²) >= 11 is 0. The zero-order chi connectivity index (χ0) is 13.6. The van der Waals surface area contributed by atoms with Crippen LogP contribution >= 0.6 is 0 Å². The number of anilines is 1. The highest BCUT2D eigenvalue weighted by atomic mass is 16.5. The molecule has 8 heteroatoms. The van der Waals surface area contributed by atoms with E-state index in [9.17, 15) is 9.90 Å². The maximum absolute atomic E-state index is 11.7. The van der Waals surface area contributed by atoms with Crippen molar-refractivity contribution in [1.29, 1.82) is 0 Å². The molecule has 0 aromatic carbocycles. The van der Waals surface area contributed by atoms with Crippen molar-refractivity contribution in [2.75, 3.05) is 5.73 Å². The first kappa shape index (κ1) is 12.1. The normalized spacial score (nSPS) is 27.2. The van der Waals surface area contributed by atoms with Gasteiger partial charge in [0.05, 0.1) is 18.5 Å². The van der Waals surface area contributed by atoms with Crippen LogP contribution in [0.15, 0.2) is 11.1 Å². The summed E-state index contributed by atoms with van der Waals surface area (Å²) in [5.74, 6) is 0.0323. The molecule has 19 heavy (non-hydrogen) atoms. The Bertz CT molecular complexity index is 664. The van der Waals surface area contributed by atoms with E-state index in [0.29, 0.717) is 12.1 Å². The van der Waals surface area contributed by atoms with Crippen LogP contribution in [-0.4, -0.2) is 36.8 Å². The molecular weight excluding hydrogens is 250 g/mol. The summed E-state index contributed by atoms with van der Waals surface area (Å²) in [4.78, 5) is 22.2. The highest BCUT2D eigenvalue weighted by molar-refractivity contribution is 5.70. The van der Waals surface area contributed by atoms with Crippen LogP contribution < -0.4 is 11.3 Å². The van der Waals surface area contributed by atoms with Gasteiger partial charge in [0, 0.05) is 6.42 Å². The molecule has 4 N–H and O–H groups in total. The van der Waals surface area contributed by atoms with Crippen LogP contribution in [0.2, 0.25) is 0 Å². The second-order valence-electron chi connectivity index (χ2n) is 4.62.